The van der Waals surface area contributed by atoms with E-state index in [9.17, 15) is 4.79 Å². The zero-order valence-electron chi connectivity index (χ0n) is 13.4. The third-order valence-corrected chi connectivity index (χ3v) is 5.16. The number of piperidine rings is 1. The highest BCUT2D eigenvalue weighted by Crippen LogP contribution is 2.30. The Kier molecular flexibility index (Phi) is 6.34. The quantitative estimate of drug-likeness (QED) is 0.839. The third kappa shape index (κ3) is 4.76. The summed E-state index contributed by atoms with van der Waals surface area (Å²) in [6.45, 7) is 9.17. The second-order valence-electron chi connectivity index (χ2n) is 6.99. The van der Waals surface area contributed by atoms with Crippen LogP contribution >= 0.6 is 0 Å². The van der Waals surface area contributed by atoms with Crippen LogP contribution in [0.2, 0.25) is 0 Å². The van der Waals surface area contributed by atoms with E-state index in [2.05, 4.69) is 24.1 Å². The van der Waals surface area contributed by atoms with Gasteiger partial charge in [-0.3, -0.25) is 4.79 Å². The van der Waals surface area contributed by atoms with Gasteiger partial charge in [0.05, 0.1) is 0 Å². The van der Waals surface area contributed by atoms with E-state index < -0.39 is 0 Å². The van der Waals surface area contributed by atoms with Crippen molar-refractivity contribution in [1.29, 1.82) is 0 Å². The second-order valence-corrected chi connectivity index (χ2v) is 6.99. The molecule has 1 heterocycles. The summed E-state index contributed by atoms with van der Waals surface area (Å²) in [6, 6.07) is 0. The van der Waals surface area contributed by atoms with E-state index in [1.165, 1.54) is 45.3 Å². The van der Waals surface area contributed by atoms with Gasteiger partial charge in [-0.15, -0.1) is 0 Å². The van der Waals surface area contributed by atoms with Gasteiger partial charge >= 0.3 is 0 Å². The Balaban J connectivity index is 1.65. The van der Waals surface area contributed by atoms with Gasteiger partial charge in [0, 0.05) is 19.0 Å². The first kappa shape index (κ1) is 15.8. The zero-order valence-corrected chi connectivity index (χ0v) is 13.4. The van der Waals surface area contributed by atoms with Gasteiger partial charge in [0.1, 0.15) is 0 Å². The fraction of sp³-hybridized carbons (Fsp3) is 0.941. The Bertz CT molecular complexity index is 289. The van der Waals surface area contributed by atoms with Crippen LogP contribution < -0.4 is 5.32 Å². The maximum absolute atomic E-state index is 12.0. The van der Waals surface area contributed by atoms with Crippen LogP contribution in [-0.4, -0.2) is 37.0 Å². The highest BCUT2D eigenvalue weighted by molar-refractivity contribution is 5.78. The SMILES string of the molecule is CCCNC(=O)C1CCC(CN2CCC(C)CC2)CC1. The summed E-state index contributed by atoms with van der Waals surface area (Å²) in [7, 11) is 0. The predicted octanol–water partition coefficient (Wildman–Crippen LogP) is 3.05. The van der Waals surface area contributed by atoms with E-state index >= 15 is 0 Å². The van der Waals surface area contributed by atoms with Crippen molar-refractivity contribution in [3.63, 3.8) is 0 Å². The van der Waals surface area contributed by atoms with Crippen LogP contribution in [0.15, 0.2) is 0 Å². The minimum absolute atomic E-state index is 0.291. The molecule has 0 radical (unpaired) electrons. The first-order chi connectivity index (χ1) is 9.69. The van der Waals surface area contributed by atoms with Crippen LogP contribution in [0.4, 0.5) is 0 Å². The maximum Gasteiger partial charge on any atom is 0.223 e. The van der Waals surface area contributed by atoms with Crippen molar-refractivity contribution in [2.45, 2.75) is 58.8 Å². The summed E-state index contributed by atoms with van der Waals surface area (Å²) in [5.41, 5.74) is 0. The Hall–Kier alpha value is -0.570. The number of carbonyl (C=O) groups is 1. The summed E-state index contributed by atoms with van der Waals surface area (Å²) in [5, 5.41) is 3.05. The average Bonchev–Trinajstić information content (AvgIpc) is 2.48. The van der Waals surface area contributed by atoms with E-state index in [1.54, 1.807) is 0 Å². The maximum atomic E-state index is 12.0. The van der Waals surface area contributed by atoms with Gasteiger partial charge in [-0.05, 0) is 69.9 Å². The predicted molar refractivity (Wildman–Crippen MR) is 83.6 cm³/mol. The molecule has 20 heavy (non-hydrogen) atoms. The summed E-state index contributed by atoms with van der Waals surface area (Å²) >= 11 is 0. The number of amides is 1. The average molecular weight is 280 g/mol. The van der Waals surface area contributed by atoms with Crippen molar-refractivity contribution < 1.29 is 4.79 Å². The zero-order chi connectivity index (χ0) is 14.4. The molecule has 0 aromatic rings. The molecule has 0 atom stereocenters. The van der Waals surface area contributed by atoms with Crippen molar-refractivity contribution in [3.05, 3.63) is 0 Å². The molecule has 1 amide bonds. The van der Waals surface area contributed by atoms with Crippen molar-refractivity contribution in [2.24, 2.45) is 17.8 Å². The molecule has 116 valence electrons. The fourth-order valence-electron chi connectivity index (χ4n) is 3.61. The van der Waals surface area contributed by atoms with Crippen molar-refractivity contribution in [2.75, 3.05) is 26.2 Å². The Morgan fingerprint density at radius 3 is 2.35 bits per heavy atom. The molecule has 3 nitrogen and oxygen atoms in total. The highest BCUT2D eigenvalue weighted by atomic mass is 16.1. The normalized spacial score (nSPS) is 29.3. The Morgan fingerprint density at radius 1 is 1.10 bits per heavy atom. The molecular formula is C17H32N2O. The molecule has 1 N–H and O–H groups in total. The van der Waals surface area contributed by atoms with E-state index in [1.807, 2.05) is 0 Å². The van der Waals surface area contributed by atoms with Crippen LogP contribution in [-0.2, 0) is 4.79 Å². The Morgan fingerprint density at radius 2 is 1.75 bits per heavy atom. The van der Waals surface area contributed by atoms with Gasteiger partial charge in [0.2, 0.25) is 5.91 Å². The van der Waals surface area contributed by atoms with Crippen LogP contribution in [0.25, 0.3) is 0 Å². The molecule has 1 saturated heterocycles. The van der Waals surface area contributed by atoms with Gasteiger partial charge in [0.15, 0.2) is 0 Å². The van der Waals surface area contributed by atoms with Gasteiger partial charge in [-0.25, -0.2) is 0 Å². The number of hydrogen-bond donors (Lipinski definition) is 1. The lowest BCUT2D eigenvalue weighted by atomic mass is 9.81. The summed E-state index contributed by atoms with van der Waals surface area (Å²) in [5.74, 6) is 2.35. The van der Waals surface area contributed by atoms with Crippen LogP contribution in [0, 0.1) is 17.8 Å². The van der Waals surface area contributed by atoms with E-state index in [0.29, 0.717) is 11.8 Å². The monoisotopic (exact) mass is 280 g/mol. The molecule has 1 saturated carbocycles. The standard InChI is InChI=1S/C17H32N2O/c1-3-10-18-17(20)16-6-4-15(5-7-16)13-19-11-8-14(2)9-12-19/h14-16H,3-13H2,1-2H3,(H,18,20). The van der Waals surface area contributed by atoms with Crippen LogP contribution in [0.1, 0.15) is 58.8 Å². The van der Waals surface area contributed by atoms with E-state index in [4.69, 9.17) is 0 Å². The molecule has 2 rings (SSSR count). The number of hydrogen-bond acceptors (Lipinski definition) is 2. The number of nitrogens with one attached hydrogen (secondary N) is 1. The van der Waals surface area contributed by atoms with Gasteiger partial charge in [-0.2, -0.15) is 0 Å². The van der Waals surface area contributed by atoms with Crippen LogP contribution in [0.3, 0.4) is 0 Å². The minimum atomic E-state index is 0.291. The fourth-order valence-corrected chi connectivity index (χ4v) is 3.61. The molecule has 0 bridgehead atoms. The van der Waals surface area contributed by atoms with E-state index in [0.717, 1.165) is 37.6 Å². The molecule has 0 aromatic heterocycles. The smallest absolute Gasteiger partial charge is 0.223 e. The minimum Gasteiger partial charge on any atom is -0.356 e. The summed E-state index contributed by atoms with van der Waals surface area (Å²) in [6.07, 6.45) is 8.47. The molecule has 1 aliphatic carbocycles. The molecular weight excluding hydrogens is 248 g/mol. The van der Waals surface area contributed by atoms with Crippen LogP contribution in [0.5, 0.6) is 0 Å². The highest BCUT2D eigenvalue weighted by Gasteiger charge is 2.27. The molecule has 0 unspecified atom stereocenters. The third-order valence-electron chi connectivity index (χ3n) is 5.16. The lowest BCUT2D eigenvalue weighted by Crippen LogP contribution is -2.39. The lowest BCUT2D eigenvalue weighted by molar-refractivity contribution is -0.126. The molecule has 3 heteroatoms. The molecule has 2 fully saturated rings. The molecule has 2 aliphatic rings. The van der Waals surface area contributed by atoms with Gasteiger partial charge in [-0.1, -0.05) is 13.8 Å². The van der Waals surface area contributed by atoms with Gasteiger partial charge in [0.25, 0.3) is 0 Å². The summed E-state index contributed by atoms with van der Waals surface area (Å²) < 4.78 is 0. The largest absolute Gasteiger partial charge is 0.356 e. The van der Waals surface area contributed by atoms with Gasteiger partial charge < -0.3 is 10.2 Å². The molecule has 1 aliphatic heterocycles. The van der Waals surface area contributed by atoms with E-state index in [-0.39, 0.29) is 0 Å². The Labute approximate surface area is 124 Å². The topological polar surface area (TPSA) is 32.3 Å². The van der Waals surface area contributed by atoms with Crippen molar-refractivity contribution >= 4 is 5.91 Å². The second kappa shape index (κ2) is 8.02. The number of rotatable bonds is 5. The first-order valence-electron chi connectivity index (χ1n) is 8.69. The van der Waals surface area contributed by atoms with Crippen molar-refractivity contribution in [3.8, 4) is 0 Å². The number of likely N-dealkylation sites (tertiary alicyclic amines) is 1. The number of carbonyl (C=O) groups excluding carboxylic acids is 1. The van der Waals surface area contributed by atoms with Crippen molar-refractivity contribution in [1.82, 2.24) is 10.2 Å². The first-order valence-corrected chi connectivity index (χ1v) is 8.69. The molecule has 0 spiro atoms. The number of nitrogens with zero attached hydrogens (tertiary/aromatic N) is 1. The lowest BCUT2D eigenvalue weighted by Gasteiger charge is -2.35. The summed E-state index contributed by atoms with van der Waals surface area (Å²) in [4.78, 5) is 14.6. The molecule has 0 aromatic carbocycles.